The van der Waals surface area contributed by atoms with E-state index in [0.717, 1.165) is 43.9 Å². The molecule has 136 valence electrons. The van der Waals surface area contributed by atoms with Crippen molar-refractivity contribution >= 4 is 16.7 Å². The molecule has 0 amide bonds. The third-order valence-corrected chi connectivity index (χ3v) is 6.50. The van der Waals surface area contributed by atoms with Crippen LogP contribution in [-0.4, -0.2) is 35.0 Å². The fourth-order valence-corrected chi connectivity index (χ4v) is 4.98. The summed E-state index contributed by atoms with van der Waals surface area (Å²) in [7, 11) is -0.997. The number of piperidine rings is 1. The van der Waals surface area contributed by atoms with Gasteiger partial charge in [0, 0.05) is 31.3 Å². The number of fused-ring (bicyclic) bond motifs is 2. The maximum atomic E-state index is 12.2. The van der Waals surface area contributed by atoms with Gasteiger partial charge < -0.3 is 9.64 Å². The predicted molar refractivity (Wildman–Crippen MR) is 107 cm³/mol. The Hall–Kier alpha value is -2.27. The van der Waals surface area contributed by atoms with Gasteiger partial charge in [0.15, 0.2) is 5.88 Å². The van der Waals surface area contributed by atoms with Crippen LogP contribution in [0.5, 0.6) is 5.75 Å². The maximum Gasteiger partial charge on any atom is 0.188 e. The molecule has 0 aromatic heterocycles. The monoisotopic (exact) mass is 368 g/mol. The van der Waals surface area contributed by atoms with Gasteiger partial charge in [0.2, 0.25) is 0 Å². The summed E-state index contributed by atoms with van der Waals surface area (Å²) in [5.41, 5.74) is 2.54. The van der Waals surface area contributed by atoms with E-state index in [9.17, 15) is 4.21 Å². The molecule has 2 aromatic carbocycles. The van der Waals surface area contributed by atoms with Crippen LogP contribution in [0.4, 0.5) is 5.69 Å². The van der Waals surface area contributed by atoms with E-state index < -0.39 is 11.0 Å². The molecule has 2 aliphatic heterocycles. The molecule has 1 atom stereocenters. The minimum atomic E-state index is -0.997. The third-order valence-electron chi connectivity index (χ3n) is 5.55. The topological polar surface area (TPSA) is 32.8 Å². The Balaban J connectivity index is 1.48. The van der Waals surface area contributed by atoms with E-state index in [0.29, 0.717) is 5.88 Å². The van der Waals surface area contributed by atoms with Crippen molar-refractivity contribution in [2.45, 2.75) is 18.3 Å². The van der Waals surface area contributed by atoms with Gasteiger partial charge in [0.05, 0.1) is 5.69 Å². The summed E-state index contributed by atoms with van der Waals surface area (Å²) in [6, 6.07) is 18.2. The van der Waals surface area contributed by atoms with Crippen molar-refractivity contribution in [3.05, 3.63) is 72.6 Å². The zero-order valence-electron chi connectivity index (χ0n) is 15.1. The number of ether oxygens (including phenoxy) is 1. The van der Waals surface area contributed by atoms with Crippen molar-refractivity contribution < 1.29 is 8.95 Å². The first-order valence-electron chi connectivity index (χ1n) is 8.96. The molecule has 26 heavy (non-hydrogen) atoms. The Bertz CT molecular complexity index is 829. The lowest BCUT2D eigenvalue weighted by atomic mass is 9.74. The quantitative estimate of drug-likeness (QED) is 0.772. The summed E-state index contributed by atoms with van der Waals surface area (Å²) in [4.78, 5) is 2.21. The van der Waals surface area contributed by atoms with E-state index >= 15 is 0 Å². The zero-order valence-corrected chi connectivity index (χ0v) is 15.9. The molecular formula is C21H24N2O2S. The van der Waals surface area contributed by atoms with E-state index in [1.54, 1.807) is 6.26 Å². The summed E-state index contributed by atoms with van der Waals surface area (Å²) in [6.45, 7) is 6.74. The molecule has 1 fully saturated rings. The molecule has 1 saturated heterocycles. The van der Waals surface area contributed by atoms with Gasteiger partial charge >= 0.3 is 0 Å². The van der Waals surface area contributed by atoms with Gasteiger partial charge in [-0.3, -0.25) is 4.31 Å². The van der Waals surface area contributed by atoms with Crippen molar-refractivity contribution in [3.8, 4) is 5.75 Å². The highest BCUT2D eigenvalue weighted by atomic mass is 32.2. The van der Waals surface area contributed by atoms with Crippen LogP contribution >= 0.6 is 0 Å². The van der Waals surface area contributed by atoms with E-state index in [4.69, 9.17) is 4.74 Å². The second-order valence-corrected chi connectivity index (χ2v) is 8.34. The van der Waals surface area contributed by atoms with Crippen LogP contribution in [0.15, 0.2) is 67.1 Å². The van der Waals surface area contributed by atoms with Crippen LogP contribution in [-0.2, 0) is 16.4 Å². The molecule has 1 spiro atoms. The highest BCUT2D eigenvalue weighted by molar-refractivity contribution is 7.85. The van der Waals surface area contributed by atoms with Crippen LogP contribution in [0, 0.1) is 0 Å². The number of para-hydroxylation sites is 2. The number of hydrogen-bond acceptors (Lipinski definition) is 3. The van der Waals surface area contributed by atoms with E-state index in [1.807, 2.05) is 40.7 Å². The minimum absolute atomic E-state index is 0.0752. The average molecular weight is 369 g/mol. The lowest BCUT2D eigenvalue weighted by molar-refractivity contribution is 0.147. The molecule has 0 saturated carbocycles. The standard InChI is InChI=1S/C21H24N2O2S/c1-17(25-18-8-4-3-5-9-18)22-14-12-21(13-15-22)16-23(26(2)24)20-11-7-6-10-19(20)21/h3-11H,1,12-16H2,2H3. The summed E-state index contributed by atoms with van der Waals surface area (Å²) in [6.07, 6.45) is 3.78. The second kappa shape index (κ2) is 6.80. The molecule has 4 rings (SSSR count). The molecule has 4 nitrogen and oxygen atoms in total. The number of likely N-dealkylation sites (tertiary alicyclic amines) is 1. The van der Waals surface area contributed by atoms with E-state index in [2.05, 4.69) is 29.7 Å². The molecule has 1 unspecified atom stereocenters. The third kappa shape index (κ3) is 3.01. The van der Waals surface area contributed by atoms with Crippen LogP contribution in [0.2, 0.25) is 0 Å². The fourth-order valence-electron chi connectivity index (χ4n) is 4.11. The molecular weight excluding hydrogens is 344 g/mol. The van der Waals surface area contributed by atoms with Gasteiger partial charge in [-0.25, -0.2) is 4.21 Å². The summed E-state index contributed by atoms with van der Waals surface area (Å²) < 4.78 is 20.2. The Kier molecular flexibility index (Phi) is 4.49. The van der Waals surface area contributed by atoms with Crippen molar-refractivity contribution in [2.75, 3.05) is 30.2 Å². The molecule has 2 aliphatic rings. The average Bonchev–Trinajstić information content (AvgIpc) is 2.98. The smallest absolute Gasteiger partial charge is 0.188 e. The second-order valence-electron chi connectivity index (χ2n) is 7.05. The van der Waals surface area contributed by atoms with Gasteiger partial charge in [0.25, 0.3) is 0 Å². The molecule has 2 aromatic rings. The normalized spacial score (nSPS) is 19.3. The molecule has 2 heterocycles. The van der Waals surface area contributed by atoms with Crippen LogP contribution in [0.25, 0.3) is 0 Å². The van der Waals surface area contributed by atoms with Gasteiger partial charge in [-0.1, -0.05) is 36.4 Å². The van der Waals surface area contributed by atoms with Gasteiger partial charge in [-0.2, -0.15) is 0 Å². The predicted octanol–water partition coefficient (Wildman–Crippen LogP) is 3.68. The Labute approximate surface area is 157 Å². The summed E-state index contributed by atoms with van der Waals surface area (Å²) in [5, 5.41) is 0. The van der Waals surface area contributed by atoms with Crippen molar-refractivity contribution in [1.82, 2.24) is 4.90 Å². The number of benzene rings is 2. The maximum absolute atomic E-state index is 12.2. The first kappa shape index (κ1) is 17.2. The van der Waals surface area contributed by atoms with Gasteiger partial charge in [0.1, 0.15) is 16.7 Å². The van der Waals surface area contributed by atoms with E-state index in [1.165, 1.54) is 5.56 Å². The largest absolute Gasteiger partial charge is 0.442 e. The number of nitrogens with zero attached hydrogens (tertiary/aromatic N) is 2. The summed E-state index contributed by atoms with van der Waals surface area (Å²) in [5.74, 6) is 1.52. The first-order chi connectivity index (χ1) is 12.6. The summed E-state index contributed by atoms with van der Waals surface area (Å²) >= 11 is 0. The SMILES string of the molecule is C=C(Oc1ccccc1)N1CCC2(CC1)CN(S(C)=O)c1ccccc12. The van der Waals surface area contributed by atoms with Gasteiger partial charge in [-0.05, 0) is 43.2 Å². The molecule has 0 bridgehead atoms. The Morgan fingerprint density at radius 1 is 1.08 bits per heavy atom. The van der Waals surface area contributed by atoms with Crippen LogP contribution < -0.4 is 9.04 Å². The number of hydrogen-bond donors (Lipinski definition) is 0. The molecule has 5 heteroatoms. The number of anilines is 1. The van der Waals surface area contributed by atoms with Crippen LogP contribution in [0.3, 0.4) is 0 Å². The minimum Gasteiger partial charge on any atom is -0.442 e. The fraction of sp³-hybridized carbons (Fsp3) is 0.333. The molecule has 0 aliphatic carbocycles. The Morgan fingerprint density at radius 3 is 2.42 bits per heavy atom. The molecule has 0 radical (unpaired) electrons. The van der Waals surface area contributed by atoms with E-state index in [-0.39, 0.29) is 5.41 Å². The lowest BCUT2D eigenvalue weighted by Gasteiger charge is -2.40. The van der Waals surface area contributed by atoms with Gasteiger partial charge in [-0.15, -0.1) is 0 Å². The Morgan fingerprint density at radius 2 is 1.73 bits per heavy atom. The zero-order chi connectivity index (χ0) is 18.1. The lowest BCUT2D eigenvalue weighted by Crippen LogP contribution is -2.45. The number of rotatable bonds is 4. The van der Waals surface area contributed by atoms with Crippen molar-refractivity contribution in [2.24, 2.45) is 0 Å². The van der Waals surface area contributed by atoms with Crippen molar-refractivity contribution in [1.29, 1.82) is 0 Å². The highest BCUT2D eigenvalue weighted by Gasteiger charge is 2.45. The highest BCUT2D eigenvalue weighted by Crippen LogP contribution is 2.47. The van der Waals surface area contributed by atoms with Crippen molar-refractivity contribution in [3.63, 3.8) is 0 Å². The molecule has 0 N–H and O–H groups in total. The first-order valence-corrected chi connectivity index (χ1v) is 10.5. The van der Waals surface area contributed by atoms with Crippen LogP contribution in [0.1, 0.15) is 18.4 Å².